The molecule has 3 aromatic heterocycles. The third-order valence-corrected chi connectivity index (χ3v) is 2.84. The third-order valence-electron chi connectivity index (χ3n) is 2.84. The van der Waals surface area contributed by atoms with Crippen molar-refractivity contribution in [2.45, 2.75) is 13.8 Å². The minimum atomic E-state index is -0.818. The number of fused-ring (bicyclic) bond motifs is 1. The van der Waals surface area contributed by atoms with Crippen molar-refractivity contribution in [2.24, 2.45) is 0 Å². The van der Waals surface area contributed by atoms with Gasteiger partial charge in [0.2, 0.25) is 0 Å². The molecule has 10 heteroatoms. The number of anilines is 1. The van der Waals surface area contributed by atoms with E-state index in [1.807, 2.05) is 0 Å². The Morgan fingerprint density at radius 2 is 2.22 bits per heavy atom. The summed E-state index contributed by atoms with van der Waals surface area (Å²) in [5, 5.41) is 10.0. The van der Waals surface area contributed by atoms with Gasteiger partial charge in [-0.05, 0) is 19.9 Å². The number of aryl methyl sites for hydroxylation is 2. The Bertz CT molecular complexity index is 884. The summed E-state index contributed by atoms with van der Waals surface area (Å²) in [5.74, 6) is -0.467. The number of carbonyl (C=O) groups excluding carboxylic acids is 2. The van der Waals surface area contributed by atoms with Gasteiger partial charge in [-0.2, -0.15) is 4.98 Å². The summed E-state index contributed by atoms with van der Waals surface area (Å²) in [6.07, 6.45) is 1.56. The molecule has 0 spiro atoms. The number of nitrogens with zero attached hydrogens (tertiary/aromatic N) is 5. The van der Waals surface area contributed by atoms with Crippen molar-refractivity contribution in [1.29, 1.82) is 0 Å². The van der Waals surface area contributed by atoms with Gasteiger partial charge in [-0.25, -0.2) is 14.3 Å². The first kappa shape index (κ1) is 14.6. The molecule has 3 aromatic rings. The summed E-state index contributed by atoms with van der Waals surface area (Å²) in [5.41, 5.74) is 0.765. The molecule has 0 unspecified atom stereocenters. The summed E-state index contributed by atoms with van der Waals surface area (Å²) in [6, 6.07) is 3.27. The van der Waals surface area contributed by atoms with Crippen molar-refractivity contribution in [3.8, 4) is 0 Å². The van der Waals surface area contributed by atoms with Crippen LogP contribution < -0.4 is 5.32 Å². The van der Waals surface area contributed by atoms with Gasteiger partial charge in [0.25, 0.3) is 17.5 Å². The summed E-state index contributed by atoms with van der Waals surface area (Å²) in [6.45, 7) is 2.99. The van der Waals surface area contributed by atoms with Crippen molar-refractivity contribution in [3.63, 3.8) is 0 Å². The molecule has 0 fully saturated rings. The number of amides is 1. The Labute approximate surface area is 129 Å². The number of rotatable bonds is 4. The number of nitrogens with one attached hydrogen (secondary N) is 1. The number of ether oxygens (including phenoxy) is 1. The van der Waals surface area contributed by atoms with Crippen LogP contribution in [0.25, 0.3) is 5.78 Å². The maximum Gasteiger partial charge on any atom is 0.378 e. The minimum Gasteiger partial charge on any atom is -0.450 e. The average molecular weight is 316 g/mol. The molecule has 118 valence electrons. The molecular weight excluding hydrogens is 304 g/mol. The molecule has 0 atom stereocenters. The zero-order valence-electron chi connectivity index (χ0n) is 12.3. The molecule has 10 nitrogen and oxygen atoms in total. The van der Waals surface area contributed by atoms with Gasteiger partial charge in [-0.15, -0.1) is 5.10 Å². The van der Waals surface area contributed by atoms with E-state index in [1.165, 1.54) is 10.6 Å². The fraction of sp³-hybridized carbons (Fsp3) is 0.231. The van der Waals surface area contributed by atoms with Crippen LogP contribution in [0.1, 0.15) is 22.1 Å². The van der Waals surface area contributed by atoms with Crippen molar-refractivity contribution >= 4 is 23.5 Å². The van der Waals surface area contributed by atoms with Crippen LogP contribution >= 0.6 is 0 Å². The molecule has 0 saturated carbocycles. The summed E-state index contributed by atoms with van der Waals surface area (Å²) >= 11 is 0. The Hall–Kier alpha value is -3.30. The first-order valence-corrected chi connectivity index (χ1v) is 6.61. The molecule has 3 heterocycles. The van der Waals surface area contributed by atoms with Crippen LogP contribution in [0.15, 0.2) is 22.9 Å². The van der Waals surface area contributed by atoms with Crippen LogP contribution in [-0.2, 0) is 9.53 Å². The Morgan fingerprint density at radius 3 is 2.91 bits per heavy atom. The molecule has 0 bridgehead atoms. The van der Waals surface area contributed by atoms with Crippen molar-refractivity contribution in [1.82, 2.24) is 24.7 Å². The number of esters is 1. The zero-order chi connectivity index (χ0) is 16.4. The van der Waals surface area contributed by atoms with Gasteiger partial charge in [0, 0.05) is 18.0 Å². The van der Waals surface area contributed by atoms with Crippen LogP contribution in [0.5, 0.6) is 0 Å². The number of hydrogen-bond donors (Lipinski definition) is 1. The fourth-order valence-corrected chi connectivity index (χ4v) is 1.79. The lowest BCUT2D eigenvalue weighted by molar-refractivity contribution is -0.119. The summed E-state index contributed by atoms with van der Waals surface area (Å²) < 4.78 is 11.1. The normalized spacial score (nSPS) is 10.7. The fourth-order valence-electron chi connectivity index (χ4n) is 1.79. The molecular formula is C13H12N6O4. The molecule has 0 aromatic carbocycles. The Kier molecular flexibility index (Phi) is 3.71. The largest absolute Gasteiger partial charge is 0.450 e. The van der Waals surface area contributed by atoms with Crippen molar-refractivity contribution < 1.29 is 18.8 Å². The van der Waals surface area contributed by atoms with Crippen LogP contribution in [0, 0.1) is 13.8 Å². The van der Waals surface area contributed by atoms with Gasteiger partial charge in [0.15, 0.2) is 12.4 Å². The Balaban J connectivity index is 1.62. The van der Waals surface area contributed by atoms with E-state index in [-0.39, 0.29) is 17.4 Å². The van der Waals surface area contributed by atoms with E-state index in [0.717, 1.165) is 5.69 Å². The van der Waals surface area contributed by atoms with Gasteiger partial charge < -0.3 is 14.6 Å². The summed E-state index contributed by atoms with van der Waals surface area (Å²) in [7, 11) is 0. The molecule has 0 aliphatic rings. The van der Waals surface area contributed by atoms with E-state index < -0.39 is 18.5 Å². The summed E-state index contributed by atoms with van der Waals surface area (Å²) in [4.78, 5) is 31.5. The quantitative estimate of drug-likeness (QED) is 0.691. The molecule has 0 radical (unpaired) electrons. The van der Waals surface area contributed by atoms with E-state index in [1.54, 1.807) is 26.1 Å². The molecule has 3 rings (SSSR count). The van der Waals surface area contributed by atoms with Crippen molar-refractivity contribution in [3.05, 3.63) is 35.6 Å². The van der Waals surface area contributed by atoms with E-state index in [4.69, 9.17) is 9.26 Å². The van der Waals surface area contributed by atoms with E-state index in [2.05, 4.69) is 25.5 Å². The molecule has 23 heavy (non-hydrogen) atoms. The topological polar surface area (TPSA) is 125 Å². The first-order valence-electron chi connectivity index (χ1n) is 6.61. The highest BCUT2D eigenvalue weighted by Gasteiger charge is 2.17. The molecule has 0 saturated heterocycles. The predicted molar refractivity (Wildman–Crippen MR) is 75.7 cm³/mol. The van der Waals surface area contributed by atoms with Gasteiger partial charge in [0.1, 0.15) is 5.76 Å². The first-order chi connectivity index (χ1) is 11.0. The Morgan fingerprint density at radius 1 is 1.39 bits per heavy atom. The van der Waals surface area contributed by atoms with Crippen LogP contribution in [0.2, 0.25) is 0 Å². The van der Waals surface area contributed by atoms with Gasteiger partial charge in [-0.1, -0.05) is 5.16 Å². The zero-order valence-corrected chi connectivity index (χ0v) is 12.3. The molecule has 1 N–H and O–H groups in total. The lowest BCUT2D eigenvalue weighted by atomic mass is 10.5. The molecule has 0 aliphatic heterocycles. The third kappa shape index (κ3) is 3.15. The highest BCUT2D eigenvalue weighted by molar-refractivity contribution is 5.93. The maximum atomic E-state index is 11.9. The smallest absolute Gasteiger partial charge is 0.378 e. The lowest BCUT2D eigenvalue weighted by Crippen LogP contribution is -2.21. The van der Waals surface area contributed by atoms with Gasteiger partial charge >= 0.3 is 5.97 Å². The highest BCUT2D eigenvalue weighted by atomic mass is 16.5. The molecule has 1 amide bonds. The monoisotopic (exact) mass is 316 g/mol. The second-order valence-electron chi connectivity index (χ2n) is 4.68. The van der Waals surface area contributed by atoms with E-state index >= 15 is 0 Å². The van der Waals surface area contributed by atoms with Crippen molar-refractivity contribution in [2.75, 3.05) is 11.9 Å². The maximum absolute atomic E-state index is 11.9. The molecule has 0 aliphatic carbocycles. The second kappa shape index (κ2) is 5.83. The number of aromatic nitrogens is 5. The number of carbonyl (C=O) groups is 2. The number of hydrogen-bond acceptors (Lipinski definition) is 8. The van der Waals surface area contributed by atoms with Gasteiger partial charge in [-0.3, -0.25) is 4.79 Å². The second-order valence-corrected chi connectivity index (χ2v) is 4.68. The average Bonchev–Trinajstić information content (AvgIpc) is 3.12. The standard InChI is InChI=1S/C13H12N6O4/c1-7-3-4-14-13-16-11(17-19(7)13)12(21)22-6-10(20)15-9-5-8(2)23-18-9/h3-5H,6H2,1-2H3,(H,15,18,20). The predicted octanol–water partition coefficient (Wildman–Crippen LogP) is 0.525. The van der Waals surface area contributed by atoms with Crippen LogP contribution in [-0.4, -0.2) is 43.2 Å². The minimum absolute atomic E-state index is 0.170. The van der Waals surface area contributed by atoms with Crippen LogP contribution in [0.4, 0.5) is 5.82 Å². The highest BCUT2D eigenvalue weighted by Crippen LogP contribution is 2.07. The van der Waals surface area contributed by atoms with E-state index in [9.17, 15) is 9.59 Å². The SMILES string of the molecule is Cc1cc(NC(=O)COC(=O)c2nc3nccc(C)n3n2)no1. The lowest BCUT2D eigenvalue weighted by Gasteiger charge is -2.01. The van der Waals surface area contributed by atoms with E-state index in [0.29, 0.717) is 5.76 Å². The van der Waals surface area contributed by atoms with Gasteiger partial charge in [0.05, 0.1) is 0 Å². The van der Waals surface area contributed by atoms with Crippen LogP contribution in [0.3, 0.4) is 0 Å².